The standard InChI is InChI=1S/C19H23N3O2S/c1-5-12-9-13(16(23)14-7-6-8-25-14)15(20-10-12)17-21-18(24)19(4,22-17)11(2)3/h6-11,16,23H,5H2,1-4H3,(H,21,22,24). The number of nitrogens with one attached hydrogen (secondary N) is 1. The molecule has 0 bridgehead atoms. The zero-order valence-corrected chi connectivity index (χ0v) is 15.7. The number of carbonyl (C=O) groups excluding carboxylic acids is 1. The molecule has 3 heterocycles. The van der Waals surface area contributed by atoms with Gasteiger partial charge in [0.25, 0.3) is 5.91 Å². The Hall–Kier alpha value is -2.05. The van der Waals surface area contributed by atoms with Crippen molar-refractivity contribution in [2.45, 2.75) is 45.8 Å². The Balaban J connectivity index is 2.09. The first-order valence-electron chi connectivity index (χ1n) is 8.48. The van der Waals surface area contributed by atoms with Crippen molar-refractivity contribution in [3.63, 3.8) is 0 Å². The molecule has 25 heavy (non-hydrogen) atoms. The van der Waals surface area contributed by atoms with Crippen LogP contribution in [0, 0.1) is 5.92 Å². The summed E-state index contributed by atoms with van der Waals surface area (Å²) in [6, 6.07) is 5.75. The van der Waals surface area contributed by atoms with Crippen molar-refractivity contribution in [1.29, 1.82) is 0 Å². The third kappa shape index (κ3) is 3.12. The number of aromatic nitrogens is 1. The molecule has 1 amide bonds. The number of aliphatic imine (C=N–C) groups is 1. The van der Waals surface area contributed by atoms with Crippen molar-refractivity contribution in [2.75, 3.05) is 0 Å². The van der Waals surface area contributed by atoms with Crippen LogP contribution in [0.4, 0.5) is 0 Å². The predicted octanol–water partition coefficient (Wildman–Crippen LogP) is 3.08. The van der Waals surface area contributed by atoms with Crippen LogP contribution in [0.15, 0.2) is 34.8 Å². The molecule has 2 atom stereocenters. The van der Waals surface area contributed by atoms with Crippen LogP contribution in [-0.4, -0.2) is 27.4 Å². The molecule has 0 fully saturated rings. The van der Waals surface area contributed by atoms with Gasteiger partial charge in [0.2, 0.25) is 0 Å². The van der Waals surface area contributed by atoms with E-state index in [9.17, 15) is 9.90 Å². The molecule has 0 radical (unpaired) electrons. The minimum Gasteiger partial charge on any atom is -0.383 e. The molecule has 5 nitrogen and oxygen atoms in total. The molecule has 0 spiro atoms. The summed E-state index contributed by atoms with van der Waals surface area (Å²) in [6.07, 6.45) is 1.80. The zero-order valence-electron chi connectivity index (χ0n) is 14.9. The number of aryl methyl sites for hydroxylation is 1. The lowest BCUT2D eigenvalue weighted by Crippen LogP contribution is -2.41. The van der Waals surface area contributed by atoms with Crippen molar-refractivity contribution >= 4 is 23.1 Å². The van der Waals surface area contributed by atoms with Crippen LogP contribution in [0.25, 0.3) is 0 Å². The van der Waals surface area contributed by atoms with E-state index in [1.165, 1.54) is 11.3 Å². The number of aliphatic hydroxyl groups excluding tert-OH is 1. The summed E-state index contributed by atoms with van der Waals surface area (Å²) < 4.78 is 0. The van der Waals surface area contributed by atoms with Crippen molar-refractivity contribution < 1.29 is 9.90 Å². The normalized spacial score (nSPS) is 21.4. The number of rotatable bonds is 5. The number of aliphatic hydroxyl groups is 1. The fourth-order valence-electron chi connectivity index (χ4n) is 2.78. The maximum absolute atomic E-state index is 12.4. The molecule has 2 unspecified atom stereocenters. The second-order valence-corrected chi connectivity index (χ2v) is 7.75. The summed E-state index contributed by atoms with van der Waals surface area (Å²) in [5, 5.41) is 15.6. The van der Waals surface area contributed by atoms with Gasteiger partial charge in [-0.1, -0.05) is 26.8 Å². The maximum Gasteiger partial charge on any atom is 0.253 e. The summed E-state index contributed by atoms with van der Waals surface area (Å²) in [7, 11) is 0. The molecule has 132 valence electrons. The highest BCUT2D eigenvalue weighted by atomic mass is 32.1. The first-order valence-corrected chi connectivity index (χ1v) is 9.36. The molecule has 2 aromatic rings. The van der Waals surface area contributed by atoms with Gasteiger partial charge >= 0.3 is 0 Å². The summed E-state index contributed by atoms with van der Waals surface area (Å²) in [6.45, 7) is 7.82. The summed E-state index contributed by atoms with van der Waals surface area (Å²) in [4.78, 5) is 22.4. The number of thiophene rings is 1. The minimum atomic E-state index is -0.814. The van der Waals surface area contributed by atoms with Crippen molar-refractivity contribution in [3.8, 4) is 0 Å². The van der Waals surface area contributed by atoms with Crippen LogP contribution in [0.2, 0.25) is 0 Å². The molecule has 0 saturated carbocycles. The Labute approximate surface area is 151 Å². The zero-order chi connectivity index (χ0) is 18.2. The lowest BCUT2D eigenvalue weighted by atomic mass is 9.89. The van der Waals surface area contributed by atoms with Gasteiger partial charge in [0.05, 0.1) is 0 Å². The maximum atomic E-state index is 12.4. The van der Waals surface area contributed by atoms with Crippen molar-refractivity contribution in [3.05, 3.63) is 51.5 Å². The van der Waals surface area contributed by atoms with Gasteiger partial charge in [0.15, 0.2) is 5.84 Å². The number of hydrogen-bond acceptors (Lipinski definition) is 5. The fraction of sp³-hybridized carbons (Fsp3) is 0.421. The van der Waals surface area contributed by atoms with E-state index in [2.05, 4.69) is 15.3 Å². The third-order valence-corrected chi connectivity index (χ3v) is 5.80. The number of hydrogen-bond donors (Lipinski definition) is 2. The van der Waals surface area contributed by atoms with E-state index >= 15 is 0 Å². The lowest BCUT2D eigenvalue weighted by molar-refractivity contribution is -0.124. The number of amidine groups is 1. The Bertz CT molecular complexity index is 814. The lowest BCUT2D eigenvalue weighted by Gasteiger charge is -2.21. The number of carbonyl (C=O) groups is 1. The number of amides is 1. The van der Waals surface area contributed by atoms with Crippen LogP contribution < -0.4 is 5.32 Å². The Morgan fingerprint density at radius 1 is 1.40 bits per heavy atom. The highest BCUT2D eigenvalue weighted by Crippen LogP contribution is 2.31. The van der Waals surface area contributed by atoms with E-state index in [-0.39, 0.29) is 11.8 Å². The molecule has 0 aromatic carbocycles. The van der Waals surface area contributed by atoms with Crippen molar-refractivity contribution in [2.24, 2.45) is 10.9 Å². The molecular formula is C19H23N3O2S. The molecule has 1 aliphatic rings. The summed E-state index contributed by atoms with van der Waals surface area (Å²) >= 11 is 1.49. The molecule has 2 N–H and O–H groups in total. The van der Waals surface area contributed by atoms with Gasteiger partial charge in [0, 0.05) is 16.6 Å². The minimum absolute atomic E-state index is 0.0607. The average molecular weight is 357 g/mol. The number of nitrogens with zero attached hydrogens (tertiary/aromatic N) is 2. The average Bonchev–Trinajstić information content (AvgIpc) is 3.23. The fourth-order valence-corrected chi connectivity index (χ4v) is 3.50. The highest BCUT2D eigenvalue weighted by Gasteiger charge is 2.43. The van der Waals surface area contributed by atoms with Crippen LogP contribution in [0.5, 0.6) is 0 Å². The van der Waals surface area contributed by atoms with E-state index in [0.29, 0.717) is 17.1 Å². The molecule has 0 aliphatic carbocycles. The van der Waals surface area contributed by atoms with Gasteiger partial charge < -0.3 is 10.4 Å². The molecule has 3 rings (SSSR count). The topological polar surface area (TPSA) is 74.6 Å². The largest absolute Gasteiger partial charge is 0.383 e. The van der Waals surface area contributed by atoms with Gasteiger partial charge in [-0.2, -0.15) is 0 Å². The first-order chi connectivity index (χ1) is 11.9. The number of pyridine rings is 1. The first kappa shape index (κ1) is 17.8. The van der Waals surface area contributed by atoms with Crippen LogP contribution in [0.1, 0.15) is 55.5 Å². The van der Waals surface area contributed by atoms with Gasteiger partial charge in [0.1, 0.15) is 17.3 Å². The van der Waals surface area contributed by atoms with E-state index in [1.807, 2.05) is 51.3 Å². The van der Waals surface area contributed by atoms with Crippen LogP contribution in [0.3, 0.4) is 0 Å². The smallest absolute Gasteiger partial charge is 0.253 e. The van der Waals surface area contributed by atoms with Gasteiger partial charge in [-0.25, -0.2) is 4.99 Å². The molecular weight excluding hydrogens is 334 g/mol. The van der Waals surface area contributed by atoms with Gasteiger partial charge in [-0.15, -0.1) is 11.3 Å². The molecule has 1 aliphatic heterocycles. The van der Waals surface area contributed by atoms with Crippen LogP contribution >= 0.6 is 11.3 Å². The second-order valence-electron chi connectivity index (χ2n) is 6.77. The quantitative estimate of drug-likeness (QED) is 0.863. The SMILES string of the molecule is CCc1cnc(C2=NC(C)(C(C)C)C(=O)N2)c(C(O)c2cccs2)c1. The van der Waals surface area contributed by atoms with Gasteiger partial charge in [-0.05, 0) is 42.3 Å². The predicted molar refractivity (Wildman–Crippen MR) is 99.9 cm³/mol. The van der Waals surface area contributed by atoms with E-state index < -0.39 is 11.6 Å². The Morgan fingerprint density at radius 2 is 2.16 bits per heavy atom. The second kappa shape index (κ2) is 6.69. The third-order valence-electron chi connectivity index (χ3n) is 4.87. The monoisotopic (exact) mass is 357 g/mol. The Morgan fingerprint density at radius 3 is 2.72 bits per heavy atom. The highest BCUT2D eigenvalue weighted by molar-refractivity contribution is 7.10. The van der Waals surface area contributed by atoms with Crippen molar-refractivity contribution in [1.82, 2.24) is 10.3 Å². The molecule has 0 saturated heterocycles. The summed E-state index contributed by atoms with van der Waals surface area (Å²) in [5.41, 5.74) is 1.43. The summed E-state index contributed by atoms with van der Waals surface area (Å²) in [5.74, 6) is 0.371. The van der Waals surface area contributed by atoms with E-state index in [1.54, 1.807) is 6.20 Å². The van der Waals surface area contributed by atoms with Crippen LogP contribution in [-0.2, 0) is 11.2 Å². The van der Waals surface area contributed by atoms with Gasteiger partial charge in [-0.3, -0.25) is 9.78 Å². The van der Waals surface area contributed by atoms with E-state index in [4.69, 9.17) is 0 Å². The Kier molecular flexibility index (Phi) is 4.75. The molecule has 2 aromatic heterocycles. The van der Waals surface area contributed by atoms with E-state index in [0.717, 1.165) is 16.9 Å². The molecule has 6 heteroatoms.